The van der Waals surface area contributed by atoms with E-state index in [1.807, 2.05) is 11.7 Å². The lowest BCUT2D eigenvalue weighted by Gasteiger charge is -2.09. The molecule has 0 amide bonds. The molecule has 3 nitrogen and oxygen atoms in total. The van der Waals surface area contributed by atoms with Gasteiger partial charge in [0.15, 0.2) is 0 Å². The van der Waals surface area contributed by atoms with Crippen molar-refractivity contribution >= 4 is 0 Å². The van der Waals surface area contributed by atoms with Crippen LogP contribution in [0.3, 0.4) is 0 Å². The van der Waals surface area contributed by atoms with Crippen LogP contribution in [0.15, 0.2) is 18.2 Å². The van der Waals surface area contributed by atoms with E-state index in [-0.39, 0.29) is 0 Å². The van der Waals surface area contributed by atoms with Crippen molar-refractivity contribution in [3.8, 4) is 5.69 Å². The van der Waals surface area contributed by atoms with Gasteiger partial charge in [0.05, 0.1) is 11.4 Å². The van der Waals surface area contributed by atoms with Crippen LogP contribution in [0.1, 0.15) is 28.1 Å². The molecule has 0 spiro atoms. The maximum absolute atomic E-state index is 4.60. The molecule has 1 aromatic heterocycles. The molecule has 0 saturated carbocycles. The van der Waals surface area contributed by atoms with Crippen LogP contribution >= 0.6 is 0 Å². The zero-order valence-corrected chi connectivity index (χ0v) is 11.8. The molecule has 0 unspecified atom stereocenters. The van der Waals surface area contributed by atoms with Gasteiger partial charge in [-0.25, -0.2) is 4.68 Å². The number of rotatable bonds is 3. The Morgan fingerprint density at radius 3 is 2.39 bits per heavy atom. The van der Waals surface area contributed by atoms with Gasteiger partial charge in [0, 0.05) is 12.2 Å². The molecular weight excluding hydrogens is 222 g/mol. The van der Waals surface area contributed by atoms with E-state index in [1.54, 1.807) is 0 Å². The number of benzene rings is 1. The molecule has 0 saturated heterocycles. The molecule has 18 heavy (non-hydrogen) atoms. The van der Waals surface area contributed by atoms with E-state index in [1.165, 1.54) is 22.4 Å². The number of nitrogens with one attached hydrogen (secondary N) is 1. The molecule has 0 atom stereocenters. The summed E-state index contributed by atoms with van der Waals surface area (Å²) in [6.45, 7) is 9.35. The summed E-state index contributed by atoms with van der Waals surface area (Å²) in [7, 11) is 1.97. The number of hydrogen-bond donors (Lipinski definition) is 1. The fraction of sp³-hybridized carbons (Fsp3) is 0.400. The lowest BCUT2D eigenvalue weighted by molar-refractivity contribution is 0.804. The highest BCUT2D eigenvalue weighted by molar-refractivity contribution is 5.42. The molecule has 0 radical (unpaired) electrons. The highest BCUT2D eigenvalue weighted by Crippen LogP contribution is 2.19. The monoisotopic (exact) mass is 243 g/mol. The van der Waals surface area contributed by atoms with Gasteiger partial charge in [0.1, 0.15) is 0 Å². The largest absolute Gasteiger partial charge is 0.316 e. The Morgan fingerprint density at radius 1 is 1.17 bits per heavy atom. The van der Waals surface area contributed by atoms with Crippen LogP contribution in [0.5, 0.6) is 0 Å². The van der Waals surface area contributed by atoms with Crippen LogP contribution in [0.25, 0.3) is 5.69 Å². The van der Waals surface area contributed by atoms with E-state index in [0.29, 0.717) is 0 Å². The second-order valence-electron chi connectivity index (χ2n) is 4.85. The normalized spacial score (nSPS) is 10.9. The van der Waals surface area contributed by atoms with Gasteiger partial charge >= 0.3 is 0 Å². The maximum atomic E-state index is 4.60. The van der Waals surface area contributed by atoms with Gasteiger partial charge in [-0.15, -0.1) is 0 Å². The number of hydrogen-bond acceptors (Lipinski definition) is 2. The summed E-state index contributed by atoms with van der Waals surface area (Å²) in [5, 5.41) is 7.78. The summed E-state index contributed by atoms with van der Waals surface area (Å²) in [5.41, 5.74) is 7.36. The molecule has 1 aromatic carbocycles. The molecular formula is C15H21N3. The molecule has 3 heteroatoms. The Balaban J connectivity index is 2.45. The zero-order valence-electron chi connectivity index (χ0n) is 11.8. The molecule has 1 heterocycles. The van der Waals surface area contributed by atoms with Crippen LogP contribution in [0.2, 0.25) is 0 Å². The second-order valence-corrected chi connectivity index (χ2v) is 4.85. The van der Waals surface area contributed by atoms with Crippen molar-refractivity contribution in [3.05, 3.63) is 46.3 Å². The molecule has 2 rings (SSSR count). The molecule has 0 aliphatic heterocycles. The molecule has 0 aliphatic rings. The third-order valence-electron chi connectivity index (χ3n) is 3.59. The zero-order chi connectivity index (χ0) is 13.3. The summed E-state index contributed by atoms with van der Waals surface area (Å²) in [6, 6.07) is 6.51. The summed E-state index contributed by atoms with van der Waals surface area (Å²) in [6.07, 6.45) is 0. The van der Waals surface area contributed by atoms with Crippen LogP contribution in [-0.4, -0.2) is 16.8 Å². The van der Waals surface area contributed by atoms with Gasteiger partial charge < -0.3 is 5.32 Å². The first-order chi connectivity index (χ1) is 8.54. The van der Waals surface area contributed by atoms with Crippen LogP contribution in [0.4, 0.5) is 0 Å². The highest BCUT2D eigenvalue weighted by atomic mass is 15.3. The van der Waals surface area contributed by atoms with Gasteiger partial charge in [-0.3, -0.25) is 0 Å². The first-order valence-corrected chi connectivity index (χ1v) is 6.32. The van der Waals surface area contributed by atoms with Gasteiger partial charge in [-0.2, -0.15) is 5.10 Å². The number of aryl methyl sites for hydroxylation is 2. The van der Waals surface area contributed by atoms with Gasteiger partial charge in [0.25, 0.3) is 0 Å². The lowest BCUT2D eigenvalue weighted by Crippen LogP contribution is -2.07. The van der Waals surface area contributed by atoms with Crippen molar-refractivity contribution in [2.24, 2.45) is 0 Å². The van der Waals surface area contributed by atoms with Crippen LogP contribution < -0.4 is 5.32 Å². The Morgan fingerprint density at radius 2 is 1.89 bits per heavy atom. The average Bonchev–Trinajstić information content (AvgIpc) is 2.60. The Hall–Kier alpha value is -1.61. The summed E-state index contributed by atoms with van der Waals surface area (Å²) in [4.78, 5) is 0. The minimum absolute atomic E-state index is 0.905. The van der Waals surface area contributed by atoms with Crippen molar-refractivity contribution in [2.45, 2.75) is 34.2 Å². The molecule has 0 bridgehead atoms. The molecule has 96 valence electrons. The fourth-order valence-corrected chi connectivity index (χ4v) is 2.17. The Kier molecular flexibility index (Phi) is 3.53. The quantitative estimate of drug-likeness (QED) is 0.898. The minimum atomic E-state index is 0.905. The summed E-state index contributed by atoms with van der Waals surface area (Å²) < 4.78 is 2.03. The third-order valence-corrected chi connectivity index (χ3v) is 3.59. The van der Waals surface area contributed by atoms with E-state index < -0.39 is 0 Å². The molecule has 2 aromatic rings. The first kappa shape index (κ1) is 12.8. The standard InChI is InChI=1S/C15H21N3/c1-10-8-15(7-6-14(10)9-16-5)18-13(4)11(2)12(3)17-18/h6-8,16H,9H2,1-5H3. The summed E-state index contributed by atoms with van der Waals surface area (Å²) >= 11 is 0. The molecule has 0 fully saturated rings. The van der Waals surface area contributed by atoms with E-state index >= 15 is 0 Å². The van der Waals surface area contributed by atoms with Crippen molar-refractivity contribution in [2.75, 3.05) is 7.05 Å². The lowest BCUT2D eigenvalue weighted by atomic mass is 10.1. The summed E-state index contributed by atoms with van der Waals surface area (Å²) in [5.74, 6) is 0. The minimum Gasteiger partial charge on any atom is -0.316 e. The third kappa shape index (κ3) is 2.18. The Labute approximate surface area is 109 Å². The van der Waals surface area contributed by atoms with E-state index in [4.69, 9.17) is 0 Å². The average molecular weight is 243 g/mol. The van der Waals surface area contributed by atoms with Crippen molar-refractivity contribution < 1.29 is 0 Å². The van der Waals surface area contributed by atoms with Gasteiger partial charge in [-0.05, 0) is 63.6 Å². The maximum Gasteiger partial charge on any atom is 0.0651 e. The van der Waals surface area contributed by atoms with E-state index in [0.717, 1.165) is 17.9 Å². The van der Waals surface area contributed by atoms with E-state index in [9.17, 15) is 0 Å². The fourth-order valence-electron chi connectivity index (χ4n) is 2.17. The second kappa shape index (κ2) is 4.94. The van der Waals surface area contributed by atoms with Crippen molar-refractivity contribution in [1.29, 1.82) is 0 Å². The number of nitrogens with zero attached hydrogens (tertiary/aromatic N) is 2. The van der Waals surface area contributed by atoms with Crippen LogP contribution in [-0.2, 0) is 6.54 Å². The van der Waals surface area contributed by atoms with Crippen molar-refractivity contribution in [3.63, 3.8) is 0 Å². The first-order valence-electron chi connectivity index (χ1n) is 6.32. The Bertz CT molecular complexity index is 567. The highest BCUT2D eigenvalue weighted by Gasteiger charge is 2.09. The van der Waals surface area contributed by atoms with Crippen LogP contribution in [0, 0.1) is 27.7 Å². The SMILES string of the molecule is CNCc1ccc(-n2nc(C)c(C)c2C)cc1C. The smallest absolute Gasteiger partial charge is 0.0651 e. The topological polar surface area (TPSA) is 29.9 Å². The molecule has 0 aliphatic carbocycles. The van der Waals surface area contributed by atoms with Gasteiger partial charge in [-0.1, -0.05) is 6.07 Å². The van der Waals surface area contributed by atoms with Crippen molar-refractivity contribution in [1.82, 2.24) is 15.1 Å². The van der Waals surface area contributed by atoms with E-state index in [2.05, 4.69) is 56.3 Å². The predicted octanol–water partition coefficient (Wildman–Crippen LogP) is 2.83. The molecule has 1 N–H and O–H groups in total. The predicted molar refractivity (Wildman–Crippen MR) is 75.3 cm³/mol. The number of aromatic nitrogens is 2. The van der Waals surface area contributed by atoms with Gasteiger partial charge in [0.2, 0.25) is 0 Å².